The fourth-order valence-corrected chi connectivity index (χ4v) is 2.71. The van der Waals surface area contributed by atoms with Gasteiger partial charge in [0.05, 0.1) is 36.3 Å². The molecule has 0 radical (unpaired) electrons. The van der Waals surface area contributed by atoms with E-state index < -0.39 is 18.9 Å². The molecule has 1 amide bonds. The van der Waals surface area contributed by atoms with E-state index in [4.69, 9.17) is 9.15 Å². The number of aromatic amines is 1. The molecule has 4 rings (SSSR count). The Kier molecular flexibility index (Phi) is 6.08. The van der Waals surface area contributed by atoms with Crippen molar-refractivity contribution in [2.45, 2.75) is 13.0 Å². The molecule has 0 aromatic carbocycles. The third-order valence-corrected chi connectivity index (χ3v) is 4.11. The highest BCUT2D eigenvalue weighted by Crippen LogP contribution is 2.25. The van der Waals surface area contributed by atoms with Crippen LogP contribution in [0, 0.1) is 0 Å². The normalized spacial score (nSPS) is 11.2. The molecule has 12 heteroatoms. The van der Waals surface area contributed by atoms with Crippen LogP contribution in [0.1, 0.15) is 10.5 Å². The minimum Gasteiger partial charge on any atom is -0.444 e. The molecule has 4 heterocycles. The molecule has 0 saturated carbocycles. The van der Waals surface area contributed by atoms with Gasteiger partial charge in [-0.3, -0.25) is 19.6 Å². The fourth-order valence-electron chi connectivity index (χ4n) is 2.71. The minimum absolute atomic E-state index is 0.0401. The van der Waals surface area contributed by atoms with Crippen LogP contribution in [0.5, 0.6) is 0 Å². The largest absolute Gasteiger partial charge is 0.444 e. The summed E-state index contributed by atoms with van der Waals surface area (Å²) in [5, 5.41) is 13.6. The van der Waals surface area contributed by atoms with Crippen LogP contribution in [0.3, 0.4) is 0 Å². The summed E-state index contributed by atoms with van der Waals surface area (Å²) in [6.45, 7) is -0.390. The van der Waals surface area contributed by atoms with Crippen molar-refractivity contribution in [3.63, 3.8) is 0 Å². The lowest BCUT2D eigenvalue weighted by Gasteiger charge is -2.03. The highest BCUT2D eigenvalue weighted by atomic mass is 19.3. The van der Waals surface area contributed by atoms with E-state index >= 15 is 0 Å². The van der Waals surface area contributed by atoms with E-state index in [1.54, 1.807) is 36.8 Å². The van der Waals surface area contributed by atoms with Crippen molar-refractivity contribution < 1.29 is 22.7 Å². The van der Waals surface area contributed by atoms with Crippen molar-refractivity contribution >= 4 is 11.6 Å². The molecule has 4 aromatic rings. The van der Waals surface area contributed by atoms with Crippen LogP contribution >= 0.6 is 0 Å². The van der Waals surface area contributed by atoms with Crippen LogP contribution in [0.2, 0.25) is 0 Å². The van der Waals surface area contributed by atoms with Gasteiger partial charge in [-0.25, -0.2) is 13.8 Å². The molecule has 0 aliphatic rings. The number of hydrogen-bond donors (Lipinski definition) is 2. The number of anilines is 1. The number of amides is 1. The lowest BCUT2D eigenvalue weighted by Crippen LogP contribution is -2.13. The van der Waals surface area contributed by atoms with Gasteiger partial charge in [0.1, 0.15) is 18.6 Å². The van der Waals surface area contributed by atoms with Crippen LogP contribution in [0.4, 0.5) is 14.5 Å². The molecular formula is C19H17F2N7O3. The molecule has 0 spiro atoms. The van der Waals surface area contributed by atoms with Crippen molar-refractivity contribution in [1.82, 2.24) is 29.9 Å². The number of pyridine rings is 1. The summed E-state index contributed by atoms with van der Waals surface area (Å²) in [5.41, 5.74) is 2.00. The molecule has 2 N–H and O–H groups in total. The number of aromatic nitrogens is 6. The topological polar surface area (TPSA) is 124 Å². The Morgan fingerprint density at radius 2 is 2.26 bits per heavy atom. The Labute approximate surface area is 174 Å². The molecule has 0 aliphatic heterocycles. The Morgan fingerprint density at radius 1 is 1.35 bits per heavy atom. The van der Waals surface area contributed by atoms with E-state index in [-0.39, 0.29) is 24.7 Å². The lowest BCUT2D eigenvalue weighted by molar-refractivity contribution is 0.0140. The van der Waals surface area contributed by atoms with Gasteiger partial charge in [-0.05, 0) is 12.1 Å². The van der Waals surface area contributed by atoms with Gasteiger partial charge in [0.15, 0.2) is 5.69 Å². The summed E-state index contributed by atoms with van der Waals surface area (Å²) >= 11 is 0. The Bertz CT molecular complexity index is 1130. The zero-order valence-electron chi connectivity index (χ0n) is 16.0. The Hall–Kier alpha value is -3.93. The number of hydrogen-bond acceptors (Lipinski definition) is 7. The van der Waals surface area contributed by atoms with Crippen molar-refractivity contribution in [3.8, 4) is 22.8 Å². The number of nitrogens with zero attached hydrogens (tertiary/aromatic N) is 5. The molecule has 0 saturated heterocycles. The van der Waals surface area contributed by atoms with E-state index in [2.05, 4.69) is 30.6 Å². The van der Waals surface area contributed by atoms with Crippen LogP contribution in [-0.4, -0.2) is 55.5 Å². The van der Waals surface area contributed by atoms with Gasteiger partial charge >= 0.3 is 0 Å². The van der Waals surface area contributed by atoms with Gasteiger partial charge in [-0.1, -0.05) is 6.07 Å². The summed E-state index contributed by atoms with van der Waals surface area (Å²) in [5.74, 6) is -0.264. The first-order chi connectivity index (χ1) is 15.1. The number of H-pyrrole nitrogens is 1. The molecule has 0 bridgehead atoms. The van der Waals surface area contributed by atoms with E-state index in [1.165, 1.54) is 17.1 Å². The first kappa shape index (κ1) is 20.3. The van der Waals surface area contributed by atoms with E-state index in [9.17, 15) is 13.6 Å². The first-order valence-electron chi connectivity index (χ1n) is 9.21. The summed E-state index contributed by atoms with van der Waals surface area (Å²) in [6, 6.07) is 5.28. The second kappa shape index (κ2) is 9.26. The number of rotatable bonds is 9. The van der Waals surface area contributed by atoms with Crippen LogP contribution < -0.4 is 5.32 Å². The molecule has 0 aliphatic carbocycles. The zero-order chi connectivity index (χ0) is 21.6. The van der Waals surface area contributed by atoms with Gasteiger partial charge in [0, 0.05) is 18.6 Å². The highest BCUT2D eigenvalue weighted by Gasteiger charge is 2.19. The predicted molar refractivity (Wildman–Crippen MR) is 104 cm³/mol. The summed E-state index contributed by atoms with van der Waals surface area (Å²) in [7, 11) is 0. The maximum atomic E-state index is 12.7. The molecule has 10 nitrogen and oxygen atoms in total. The highest BCUT2D eigenvalue weighted by molar-refractivity contribution is 6.04. The molecule has 160 valence electrons. The zero-order valence-corrected chi connectivity index (χ0v) is 16.0. The number of ether oxygens (including phenoxy) is 1. The lowest BCUT2D eigenvalue weighted by atomic mass is 10.2. The second-order valence-corrected chi connectivity index (χ2v) is 6.31. The Morgan fingerprint density at radius 3 is 3.00 bits per heavy atom. The van der Waals surface area contributed by atoms with Crippen LogP contribution in [0.15, 0.2) is 53.7 Å². The van der Waals surface area contributed by atoms with E-state index in [0.29, 0.717) is 22.6 Å². The predicted octanol–water partition coefficient (Wildman–Crippen LogP) is 2.86. The SMILES string of the molecule is O=C(Nc1cn(CCOCC(F)F)nc1-c1ccccn1)c1coc(-c2cn[nH]c2)n1. The van der Waals surface area contributed by atoms with Crippen molar-refractivity contribution in [2.24, 2.45) is 0 Å². The van der Waals surface area contributed by atoms with Crippen LogP contribution in [-0.2, 0) is 11.3 Å². The van der Waals surface area contributed by atoms with Gasteiger partial charge in [0.2, 0.25) is 5.89 Å². The van der Waals surface area contributed by atoms with Crippen molar-refractivity contribution in [3.05, 3.63) is 54.9 Å². The third-order valence-electron chi connectivity index (χ3n) is 4.11. The minimum atomic E-state index is -2.54. The average molecular weight is 429 g/mol. The number of oxazole rings is 1. The smallest absolute Gasteiger partial charge is 0.277 e. The number of carbonyl (C=O) groups excluding carboxylic acids is 1. The standard InChI is InChI=1S/C19H17F2N7O3/c20-16(21)11-30-6-5-28-9-14(17(27-28)13-3-1-2-4-22-13)25-18(29)15-10-31-19(26-15)12-7-23-24-8-12/h1-4,7-10,16H,5-6,11H2,(H,23,24)(H,25,29). The van der Waals surface area contributed by atoms with Gasteiger partial charge in [-0.15, -0.1) is 0 Å². The molecule has 4 aromatic heterocycles. The van der Waals surface area contributed by atoms with E-state index in [0.717, 1.165) is 0 Å². The average Bonchev–Trinajstić information content (AvgIpc) is 3.52. The van der Waals surface area contributed by atoms with Crippen LogP contribution in [0.25, 0.3) is 22.8 Å². The molecule has 0 fully saturated rings. The number of nitrogens with one attached hydrogen (secondary N) is 2. The maximum Gasteiger partial charge on any atom is 0.277 e. The molecule has 31 heavy (non-hydrogen) atoms. The van der Waals surface area contributed by atoms with Gasteiger partial charge in [-0.2, -0.15) is 10.2 Å². The third kappa shape index (κ3) is 4.98. The summed E-state index contributed by atoms with van der Waals surface area (Å²) < 4.78 is 36.2. The second-order valence-electron chi connectivity index (χ2n) is 6.31. The summed E-state index contributed by atoms with van der Waals surface area (Å²) in [6.07, 6.45) is 4.98. The summed E-state index contributed by atoms with van der Waals surface area (Å²) in [4.78, 5) is 21.1. The molecule has 0 unspecified atom stereocenters. The molecular weight excluding hydrogens is 412 g/mol. The van der Waals surface area contributed by atoms with Gasteiger partial charge in [0.25, 0.3) is 12.3 Å². The Balaban J connectivity index is 1.52. The first-order valence-corrected chi connectivity index (χ1v) is 9.21. The van der Waals surface area contributed by atoms with E-state index in [1.807, 2.05) is 0 Å². The van der Waals surface area contributed by atoms with Crippen molar-refractivity contribution in [2.75, 3.05) is 18.5 Å². The molecule has 0 atom stereocenters. The van der Waals surface area contributed by atoms with Crippen molar-refractivity contribution in [1.29, 1.82) is 0 Å². The monoisotopic (exact) mass is 429 g/mol. The number of alkyl halides is 2. The number of carbonyl (C=O) groups is 1. The van der Waals surface area contributed by atoms with Gasteiger partial charge < -0.3 is 14.5 Å². The quantitative estimate of drug-likeness (QED) is 0.392. The fraction of sp³-hybridized carbons (Fsp3) is 0.211. The maximum absolute atomic E-state index is 12.7. The number of halogens is 2.